The molecule has 0 aliphatic carbocycles. The van der Waals surface area contributed by atoms with Gasteiger partial charge in [0.2, 0.25) is 5.91 Å². The number of nitrogens with one attached hydrogen (secondary N) is 1. The summed E-state index contributed by atoms with van der Waals surface area (Å²) in [5, 5.41) is 11.7. The number of carboxylic acids is 1. The summed E-state index contributed by atoms with van der Waals surface area (Å²) < 4.78 is 0. The van der Waals surface area contributed by atoms with Crippen molar-refractivity contribution in [3.05, 3.63) is 28.8 Å². The van der Waals surface area contributed by atoms with E-state index in [1.807, 2.05) is 6.92 Å². The van der Waals surface area contributed by atoms with Gasteiger partial charge in [-0.2, -0.15) is 0 Å². The molecule has 0 spiro atoms. The van der Waals surface area contributed by atoms with E-state index >= 15 is 0 Å². The molecule has 1 aromatic carbocycles. The molecule has 5 nitrogen and oxygen atoms in total. The molecule has 0 aliphatic heterocycles. The van der Waals surface area contributed by atoms with Gasteiger partial charge < -0.3 is 16.2 Å². The van der Waals surface area contributed by atoms with Gasteiger partial charge in [-0.05, 0) is 37.1 Å². The second-order valence-electron chi connectivity index (χ2n) is 4.43. The summed E-state index contributed by atoms with van der Waals surface area (Å²) in [7, 11) is 0. The molecule has 0 heterocycles. The number of hydrogen-bond acceptors (Lipinski definition) is 3. The Bertz CT molecular complexity index is 477. The molecular weight excluding hydrogens is 268 g/mol. The summed E-state index contributed by atoms with van der Waals surface area (Å²) in [6.07, 6.45) is 1.05. The molecule has 0 radical (unpaired) electrons. The minimum Gasteiger partial charge on any atom is -0.478 e. The lowest BCUT2D eigenvalue weighted by molar-refractivity contribution is -0.116. The summed E-state index contributed by atoms with van der Waals surface area (Å²) in [6, 6.07) is 4.36. The van der Waals surface area contributed by atoms with Crippen molar-refractivity contribution in [3.63, 3.8) is 0 Å². The average Bonchev–Trinajstić information content (AvgIpc) is 2.37. The van der Waals surface area contributed by atoms with E-state index in [0.29, 0.717) is 25.1 Å². The Morgan fingerprint density at radius 1 is 1.47 bits per heavy atom. The van der Waals surface area contributed by atoms with Crippen LogP contribution in [0.3, 0.4) is 0 Å². The van der Waals surface area contributed by atoms with Gasteiger partial charge >= 0.3 is 5.97 Å². The van der Waals surface area contributed by atoms with Crippen LogP contribution in [0, 0.1) is 5.92 Å². The zero-order chi connectivity index (χ0) is 14.4. The van der Waals surface area contributed by atoms with Crippen molar-refractivity contribution in [1.82, 2.24) is 0 Å². The third-order valence-corrected chi connectivity index (χ3v) is 3.08. The van der Waals surface area contributed by atoms with Crippen molar-refractivity contribution < 1.29 is 14.7 Å². The molecule has 104 valence electrons. The summed E-state index contributed by atoms with van der Waals surface area (Å²) >= 11 is 5.74. The van der Waals surface area contributed by atoms with Crippen molar-refractivity contribution in [1.29, 1.82) is 0 Å². The molecule has 0 fully saturated rings. The number of aromatic carboxylic acids is 1. The van der Waals surface area contributed by atoms with Crippen LogP contribution < -0.4 is 11.1 Å². The van der Waals surface area contributed by atoms with E-state index in [9.17, 15) is 9.59 Å². The fourth-order valence-electron chi connectivity index (χ4n) is 1.49. The number of rotatable bonds is 6. The van der Waals surface area contributed by atoms with E-state index in [1.165, 1.54) is 12.1 Å². The molecule has 0 saturated carbocycles. The third-order valence-electron chi connectivity index (χ3n) is 2.75. The van der Waals surface area contributed by atoms with Crippen LogP contribution in [-0.2, 0) is 4.79 Å². The highest BCUT2D eigenvalue weighted by Crippen LogP contribution is 2.20. The number of amides is 1. The van der Waals surface area contributed by atoms with Crippen molar-refractivity contribution >= 4 is 29.2 Å². The molecule has 4 N–H and O–H groups in total. The van der Waals surface area contributed by atoms with Crippen LogP contribution in [0.4, 0.5) is 5.69 Å². The molecule has 0 saturated heterocycles. The topological polar surface area (TPSA) is 92.4 Å². The van der Waals surface area contributed by atoms with Crippen molar-refractivity contribution in [2.45, 2.75) is 19.8 Å². The van der Waals surface area contributed by atoms with Gasteiger partial charge in [0.15, 0.2) is 0 Å². The van der Waals surface area contributed by atoms with Crippen LogP contribution >= 0.6 is 11.6 Å². The van der Waals surface area contributed by atoms with E-state index in [1.54, 1.807) is 6.07 Å². The van der Waals surface area contributed by atoms with E-state index in [4.69, 9.17) is 22.4 Å². The fourth-order valence-corrected chi connectivity index (χ4v) is 1.68. The maximum Gasteiger partial charge on any atom is 0.337 e. The lowest BCUT2D eigenvalue weighted by Crippen LogP contribution is -2.16. The van der Waals surface area contributed by atoms with Crippen LogP contribution in [-0.4, -0.2) is 23.5 Å². The first kappa shape index (κ1) is 15.5. The van der Waals surface area contributed by atoms with Gasteiger partial charge in [-0.3, -0.25) is 4.79 Å². The number of halogens is 1. The predicted molar refractivity (Wildman–Crippen MR) is 74.5 cm³/mol. The monoisotopic (exact) mass is 284 g/mol. The lowest BCUT2D eigenvalue weighted by atomic mass is 10.1. The normalized spacial score (nSPS) is 11.9. The summed E-state index contributed by atoms with van der Waals surface area (Å²) in [6.45, 7) is 2.51. The second-order valence-corrected chi connectivity index (χ2v) is 4.83. The van der Waals surface area contributed by atoms with Crippen molar-refractivity contribution in [2.24, 2.45) is 11.7 Å². The van der Waals surface area contributed by atoms with Gasteiger partial charge in [-0.1, -0.05) is 18.5 Å². The van der Waals surface area contributed by atoms with Gasteiger partial charge in [-0.15, -0.1) is 0 Å². The maximum absolute atomic E-state index is 11.7. The van der Waals surface area contributed by atoms with Gasteiger partial charge in [0, 0.05) is 12.1 Å². The number of hydrogen-bond donors (Lipinski definition) is 3. The zero-order valence-electron chi connectivity index (χ0n) is 10.6. The molecule has 19 heavy (non-hydrogen) atoms. The third kappa shape index (κ3) is 4.89. The first-order chi connectivity index (χ1) is 8.93. The zero-order valence-corrected chi connectivity index (χ0v) is 11.4. The molecule has 6 heteroatoms. The first-order valence-electron chi connectivity index (χ1n) is 5.96. The van der Waals surface area contributed by atoms with Crippen LogP contribution in [0.25, 0.3) is 0 Å². The van der Waals surface area contributed by atoms with Gasteiger partial charge in [0.05, 0.1) is 10.6 Å². The molecule has 0 bridgehead atoms. The Morgan fingerprint density at radius 3 is 2.74 bits per heavy atom. The Balaban J connectivity index is 2.64. The van der Waals surface area contributed by atoms with Crippen LogP contribution in [0.5, 0.6) is 0 Å². The molecule has 1 rings (SSSR count). The molecular formula is C13H17ClN2O3. The molecule has 1 atom stereocenters. The highest BCUT2D eigenvalue weighted by Gasteiger charge is 2.11. The number of nitrogens with two attached hydrogens (primary N) is 1. The minimum atomic E-state index is -1.13. The molecule has 1 amide bonds. The first-order valence-corrected chi connectivity index (χ1v) is 6.34. The lowest BCUT2D eigenvalue weighted by Gasteiger charge is -2.09. The number of carbonyl (C=O) groups is 2. The Kier molecular flexibility index (Phi) is 5.79. The molecule has 0 aromatic heterocycles. The highest BCUT2D eigenvalue weighted by atomic mass is 35.5. The Hall–Kier alpha value is -1.59. The predicted octanol–water partition coefficient (Wildman–Crippen LogP) is 2.35. The summed E-state index contributed by atoms with van der Waals surface area (Å²) in [5.74, 6) is -1.01. The van der Waals surface area contributed by atoms with Crippen molar-refractivity contribution in [3.8, 4) is 0 Å². The van der Waals surface area contributed by atoms with E-state index in [0.717, 1.165) is 0 Å². The largest absolute Gasteiger partial charge is 0.478 e. The number of benzene rings is 1. The summed E-state index contributed by atoms with van der Waals surface area (Å²) in [5.41, 5.74) is 5.86. The minimum absolute atomic E-state index is 0.0326. The van der Waals surface area contributed by atoms with Crippen molar-refractivity contribution in [2.75, 3.05) is 11.9 Å². The number of anilines is 1. The van der Waals surface area contributed by atoms with Gasteiger partial charge in [-0.25, -0.2) is 4.79 Å². The van der Waals surface area contributed by atoms with E-state index in [2.05, 4.69) is 5.32 Å². The maximum atomic E-state index is 11.7. The van der Waals surface area contributed by atoms with Gasteiger partial charge in [0.25, 0.3) is 0 Å². The Morgan fingerprint density at radius 2 is 2.16 bits per heavy atom. The highest BCUT2D eigenvalue weighted by molar-refractivity contribution is 6.33. The van der Waals surface area contributed by atoms with Crippen LogP contribution in [0.2, 0.25) is 5.02 Å². The van der Waals surface area contributed by atoms with E-state index < -0.39 is 5.97 Å². The quantitative estimate of drug-likeness (QED) is 0.747. The number of carboxylic acid groups (broad SMARTS) is 1. The molecule has 1 aromatic rings. The Labute approximate surface area is 116 Å². The van der Waals surface area contributed by atoms with Crippen LogP contribution in [0.15, 0.2) is 18.2 Å². The molecule has 1 unspecified atom stereocenters. The fraction of sp³-hybridized carbons (Fsp3) is 0.385. The smallest absolute Gasteiger partial charge is 0.337 e. The van der Waals surface area contributed by atoms with Gasteiger partial charge in [0.1, 0.15) is 0 Å². The van der Waals surface area contributed by atoms with E-state index in [-0.39, 0.29) is 22.4 Å². The second kappa shape index (κ2) is 7.11. The standard InChI is InChI=1S/C13H17ClN2O3/c1-8(7-15)2-5-12(17)16-9-3-4-11(14)10(6-9)13(18)19/h3-4,6,8H,2,5,7,15H2,1H3,(H,16,17)(H,18,19). The number of carbonyl (C=O) groups excluding carboxylic acids is 1. The molecule has 0 aliphatic rings. The summed E-state index contributed by atoms with van der Waals surface area (Å²) in [4.78, 5) is 22.6. The van der Waals surface area contributed by atoms with Crippen LogP contribution in [0.1, 0.15) is 30.1 Å². The average molecular weight is 285 g/mol. The SMILES string of the molecule is CC(CN)CCC(=O)Nc1ccc(Cl)c(C(=O)O)c1.